The van der Waals surface area contributed by atoms with Gasteiger partial charge in [-0.2, -0.15) is 26.3 Å². The number of nitrogens with one attached hydrogen (secondary N) is 1. The van der Waals surface area contributed by atoms with Gasteiger partial charge in [0.05, 0.1) is 21.3 Å². The normalized spacial score (nSPS) is 19.8. The minimum Gasteiger partial charge on any atom is -0.310 e. The Labute approximate surface area is 167 Å². The number of hydrogen-bond donors (Lipinski definition) is 1. The van der Waals surface area contributed by atoms with Gasteiger partial charge in [-0.05, 0) is 43.2 Å². The van der Waals surface area contributed by atoms with Crippen LogP contribution in [0.25, 0.3) is 0 Å². The third kappa shape index (κ3) is 4.58. The molecule has 1 amide bonds. The van der Waals surface area contributed by atoms with Crippen molar-refractivity contribution < 1.29 is 39.6 Å². The molecule has 0 saturated heterocycles. The molecule has 0 unspecified atom stereocenters. The summed E-state index contributed by atoms with van der Waals surface area (Å²) in [6.07, 6.45) is -8.95. The van der Waals surface area contributed by atoms with Crippen LogP contribution in [0.2, 0.25) is 0 Å². The number of pyridine rings is 1. The minimum absolute atomic E-state index is 0.120. The SMILES string of the molecule is O=C(Nc1ccc(C(F)(F)F)cn1)[C@H]1C[C@H](S(=O)(=O)c2cccc(C(F)(F)F)c2)C1. The first-order valence-corrected chi connectivity index (χ1v) is 10.1. The highest BCUT2D eigenvalue weighted by Gasteiger charge is 2.43. The number of anilines is 1. The van der Waals surface area contributed by atoms with Crippen molar-refractivity contribution in [3.05, 3.63) is 53.7 Å². The van der Waals surface area contributed by atoms with Crippen LogP contribution in [0.3, 0.4) is 0 Å². The van der Waals surface area contributed by atoms with Gasteiger partial charge in [-0.3, -0.25) is 4.79 Å². The zero-order valence-electron chi connectivity index (χ0n) is 15.0. The van der Waals surface area contributed by atoms with Crippen molar-refractivity contribution in [3.8, 4) is 0 Å². The maximum atomic E-state index is 12.8. The number of hydrogen-bond acceptors (Lipinski definition) is 4. The summed E-state index contributed by atoms with van der Waals surface area (Å²) in [5, 5.41) is 1.27. The van der Waals surface area contributed by atoms with Gasteiger partial charge in [0.15, 0.2) is 9.84 Å². The average Bonchev–Trinajstić information content (AvgIpc) is 2.59. The summed E-state index contributed by atoms with van der Waals surface area (Å²) in [4.78, 5) is 15.2. The van der Waals surface area contributed by atoms with Gasteiger partial charge >= 0.3 is 12.4 Å². The van der Waals surface area contributed by atoms with Gasteiger partial charge in [-0.25, -0.2) is 13.4 Å². The van der Waals surface area contributed by atoms with Crippen molar-refractivity contribution >= 4 is 21.6 Å². The Kier molecular flexibility index (Phi) is 5.56. The van der Waals surface area contributed by atoms with Crippen molar-refractivity contribution in [2.24, 2.45) is 5.92 Å². The van der Waals surface area contributed by atoms with Gasteiger partial charge in [0.25, 0.3) is 0 Å². The van der Waals surface area contributed by atoms with E-state index in [1.807, 2.05) is 0 Å². The number of aromatic nitrogens is 1. The van der Waals surface area contributed by atoms with Gasteiger partial charge in [0.1, 0.15) is 5.82 Å². The van der Waals surface area contributed by atoms with E-state index in [0.29, 0.717) is 12.3 Å². The van der Waals surface area contributed by atoms with Crippen LogP contribution in [-0.2, 0) is 27.0 Å². The first kappa shape index (κ1) is 22.1. The number of amides is 1. The highest BCUT2D eigenvalue weighted by molar-refractivity contribution is 7.92. The number of carbonyl (C=O) groups excluding carboxylic acids is 1. The molecule has 0 aliphatic heterocycles. The van der Waals surface area contributed by atoms with E-state index in [4.69, 9.17) is 0 Å². The maximum absolute atomic E-state index is 12.8. The van der Waals surface area contributed by atoms with E-state index in [1.165, 1.54) is 0 Å². The Morgan fingerprint density at radius 2 is 1.60 bits per heavy atom. The summed E-state index contributed by atoms with van der Waals surface area (Å²) in [7, 11) is -4.07. The van der Waals surface area contributed by atoms with Crippen LogP contribution in [0.15, 0.2) is 47.5 Å². The molecular weight excluding hydrogens is 438 g/mol. The number of sulfone groups is 1. The molecule has 1 aliphatic carbocycles. The van der Waals surface area contributed by atoms with Crippen molar-refractivity contribution in [2.75, 3.05) is 5.32 Å². The molecular formula is C18H14F6N2O3S. The highest BCUT2D eigenvalue weighted by Crippen LogP contribution is 2.38. The lowest BCUT2D eigenvalue weighted by Crippen LogP contribution is -2.42. The van der Waals surface area contributed by atoms with Crippen LogP contribution in [0.4, 0.5) is 32.2 Å². The van der Waals surface area contributed by atoms with Crippen LogP contribution >= 0.6 is 0 Å². The van der Waals surface area contributed by atoms with Gasteiger partial charge < -0.3 is 5.32 Å². The molecule has 5 nitrogen and oxygen atoms in total. The second-order valence-electron chi connectivity index (χ2n) is 6.78. The summed E-state index contributed by atoms with van der Waals surface area (Å²) >= 11 is 0. The molecule has 1 aliphatic rings. The molecule has 1 aromatic heterocycles. The fraction of sp³-hybridized carbons (Fsp3) is 0.333. The predicted octanol–water partition coefficient (Wildman–Crippen LogP) is 4.31. The Morgan fingerprint density at radius 3 is 2.13 bits per heavy atom. The average molecular weight is 452 g/mol. The van der Waals surface area contributed by atoms with Crippen LogP contribution < -0.4 is 5.32 Å². The van der Waals surface area contributed by atoms with Gasteiger partial charge in [-0.15, -0.1) is 0 Å². The molecule has 162 valence electrons. The molecule has 0 bridgehead atoms. The third-order valence-corrected chi connectivity index (χ3v) is 6.91. The molecule has 1 saturated carbocycles. The number of rotatable bonds is 4. The molecule has 30 heavy (non-hydrogen) atoms. The van der Waals surface area contributed by atoms with Gasteiger partial charge in [0.2, 0.25) is 5.91 Å². The number of halogens is 6. The summed E-state index contributed by atoms with van der Waals surface area (Å²) in [6.45, 7) is 0. The van der Waals surface area contributed by atoms with E-state index < -0.39 is 55.3 Å². The van der Waals surface area contributed by atoms with Crippen molar-refractivity contribution in [1.82, 2.24) is 4.98 Å². The standard InChI is InChI=1S/C18H14F6N2O3S/c19-17(20,21)11-2-1-3-13(8-11)30(28,29)14-6-10(7-14)16(27)26-15-5-4-12(9-25-15)18(22,23)24/h1-5,8-10,14H,6-7H2,(H,25,26,27)/t10-,14-. The van der Waals surface area contributed by atoms with Crippen LogP contribution in [0.1, 0.15) is 24.0 Å². The number of benzene rings is 1. The molecule has 12 heteroatoms. The van der Waals surface area contributed by atoms with Crippen LogP contribution in [-0.4, -0.2) is 24.6 Å². The third-order valence-electron chi connectivity index (χ3n) is 4.74. The lowest BCUT2D eigenvalue weighted by Gasteiger charge is -2.33. The Balaban J connectivity index is 1.63. The Hall–Kier alpha value is -2.63. The first-order valence-electron chi connectivity index (χ1n) is 8.54. The topological polar surface area (TPSA) is 76.1 Å². The molecule has 0 radical (unpaired) electrons. The predicted molar refractivity (Wildman–Crippen MR) is 93.0 cm³/mol. The van der Waals surface area contributed by atoms with Crippen molar-refractivity contribution in [1.29, 1.82) is 0 Å². The van der Waals surface area contributed by atoms with E-state index in [0.717, 1.165) is 30.3 Å². The van der Waals surface area contributed by atoms with E-state index >= 15 is 0 Å². The van der Waals surface area contributed by atoms with E-state index in [2.05, 4.69) is 10.3 Å². The van der Waals surface area contributed by atoms with Gasteiger partial charge in [-0.1, -0.05) is 6.07 Å². The first-order chi connectivity index (χ1) is 13.8. The lowest BCUT2D eigenvalue weighted by atomic mass is 9.84. The summed E-state index contributed by atoms with van der Waals surface area (Å²) < 4.78 is 101. The maximum Gasteiger partial charge on any atom is 0.417 e. The molecule has 1 N–H and O–H groups in total. The Morgan fingerprint density at radius 1 is 0.967 bits per heavy atom. The quantitative estimate of drug-likeness (QED) is 0.702. The second-order valence-corrected chi connectivity index (χ2v) is 9.01. The molecule has 1 fully saturated rings. The fourth-order valence-electron chi connectivity index (χ4n) is 2.94. The van der Waals surface area contributed by atoms with Crippen molar-refractivity contribution in [2.45, 2.75) is 35.3 Å². The van der Waals surface area contributed by atoms with Crippen LogP contribution in [0, 0.1) is 5.92 Å². The summed E-state index contributed by atoms with van der Waals surface area (Å²) in [5.74, 6) is -1.50. The second kappa shape index (κ2) is 7.56. The Bertz CT molecular complexity index is 1040. The molecule has 1 aromatic carbocycles. The number of alkyl halides is 6. The highest BCUT2D eigenvalue weighted by atomic mass is 32.2. The van der Waals surface area contributed by atoms with Crippen LogP contribution in [0.5, 0.6) is 0 Å². The zero-order valence-corrected chi connectivity index (χ0v) is 15.8. The van der Waals surface area contributed by atoms with Crippen molar-refractivity contribution in [3.63, 3.8) is 0 Å². The van der Waals surface area contributed by atoms with E-state index in [9.17, 15) is 39.6 Å². The number of carbonyl (C=O) groups is 1. The lowest BCUT2D eigenvalue weighted by molar-refractivity contribution is -0.138. The van der Waals surface area contributed by atoms with Gasteiger partial charge in [0, 0.05) is 12.1 Å². The summed E-state index contributed by atoms with van der Waals surface area (Å²) in [5.41, 5.74) is -2.08. The molecule has 2 aromatic rings. The molecule has 0 spiro atoms. The fourth-order valence-corrected chi connectivity index (χ4v) is 4.85. The van der Waals surface area contributed by atoms with E-state index in [1.54, 1.807) is 0 Å². The minimum atomic E-state index is -4.69. The molecule has 0 atom stereocenters. The number of nitrogens with zero attached hydrogens (tertiary/aromatic N) is 1. The largest absolute Gasteiger partial charge is 0.417 e. The monoisotopic (exact) mass is 452 g/mol. The smallest absolute Gasteiger partial charge is 0.310 e. The molecule has 1 heterocycles. The van der Waals surface area contributed by atoms with E-state index in [-0.39, 0.29) is 18.7 Å². The molecule has 3 rings (SSSR count). The summed E-state index contributed by atoms with van der Waals surface area (Å²) in [6, 6.07) is 5.07. The zero-order chi connectivity index (χ0) is 22.3.